The van der Waals surface area contributed by atoms with E-state index in [1.54, 1.807) is 37.5 Å². The van der Waals surface area contributed by atoms with Crippen LogP contribution in [0.15, 0.2) is 53.8 Å². The molecule has 0 aliphatic heterocycles. The number of rotatable bonds is 7. The Hall–Kier alpha value is -2.96. The summed E-state index contributed by atoms with van der Waals surface area (Å²) in [6, 6.07) is 10.2. The zero-order chi connectivity index (χ0) is 19.1. The molecule has 142 valence electrons. The Morgan fingerprint density at radius 3 is 2.67 bits per heavy atom. The maximum atomic E-state index is 13.5. The fourth-order valence-corrected chi connectivity index (χ4v) is 2.97. The van der Waals surface area contributed by atoms with E-state index in [9.17, 15) is 9.18 Å². The minimum atomic E-state index is -0.203. The fourth-order valence-electron chi connectivity index (χ4n) is 2.97. The molecule has 1 saturated carbocycles. The standard InChI is InChI=1S/C20H24FN5O/c1-22-19(25-11-10-24-18(27)15-4-3-9-23-13-15)26-14-20(7-8-20)16-5-2-6-17(21)12-16/h2-6,9,12-13H,7-8,10-11,14H2,1H3,(H,24,27)(H2,22,25,26). The van der Waals surface area contributed by atoms with E-state index in [1.165, 1.54) is 12.3 Å². The highest BCUT2D eigenvalue weighted by Crippen LogP contribution is 2.47. The first-order valence-electron chi connectivity index (χ1n) is 9.02. The topological polar surface area (TPSA) is 78.4 Å². The Labute approximate surface area is 158 Å². The fraction of sp³-hybridized carbons (Fsp3) is 0.350. The van der Waals surface area contributed by atoms with Crippen LogP contribution >= 0.6 is 0 Å². The van der Waals surface area contributed by atoms with Gasteiger partial charge in [-0.2, -0.15) is 0 Å². The van der Waals surface area contributed by atoms with Gasteiger partial charge in [0, 0.05) is 44.5 Å². The molecule has 1 fully saturated rings. The summed E-state index contributed by atoms with van der Waals surface area (Å²) in [5.74, 6) is 0.301. The summed E-state index contributed by atoms with van der Waals surface area (Å²) >= 11 is 0. The van der Waals surface area contributed by atoms with Gasteiger partial charge in [-0.1, -0.05) is 12.1 Å². The predicted molar refractivity (Wildman–Crippen MR) is 103 cm³/mol. The number of carbonyl (C=O) groups is 1. The van der Waals surface area contributed by atoms with Crippen LogP contribution in [0.25, 0.3) is 0 Å². The zero-order valence-electron chi connectivity index (χ0n) is 15.3. The first-order valence-corrected chi connectivity index (χ1v) is 9.02. The molecule has 3 rings (SSSR count). The summed E-state index contributed by atoms with van der Waals surface area (Å²) < 4.78 is 13.5. The van der Waals surface area contributed by atoms with Crippen LogP contribution in [0.1, 0.15) is 28.8 Å². The number of carbonyl (C=O) groups excluding carboxylic acids is 1. The predicted octanol–water partition coefficient (Wildman–Crippen LogP) is 1.85. The maximum Gasteiger partial charge on any atom is 0.252 e. The number of nitrogens with one attached hydrogen (secondary N) is 3. The summed E-state index contributed by atoms with van der Waals surface area (Å²) in [6.07, 6.45) is 5.22. The number of guanidine groups is 1. The van der Waals surface area contributed by atoms with Gasteiger partial charge in [0.15, 0.2) is 5.96 Å². The van der Waals surface area contributed by atoms with Gasteiger partial charge in [-0.05, 0) is 42.7 Å². The van der Waals surface area contributed by atoms with E-state index in [4.69, 9.17) is 0 Å². The number of hydrogen-bond acceptors (Lipinski definition) is 3. The highest BCUT2D eigenvalue weighted by Gasteiger charge is 2.44. The number of pyridine rings is 1. The Morgan fingerprint density at radius 1 is 1.19 bits per heavy atom. The van der Waals surface area contributed by atoms with E-state index in [0.717, 1.165) is 18.4 Å². The molecule has 0 bridgehead atoms. The van der Waals surface area contributed by atoms with E-state index in [-0.39, 0.29) is 17.1 Å². The Morgan fingerprint density at radius 2 is 2.00 bits per heavy atom. The molecule has 0 atom stereocenters. The Kier molecular flexibility index (Phi) is 6.01. The van der Waals surface area contributed by atoms with Crippen LogP contribution in [-0.4, -0.2) is 43.5 Å². The van der Waals surface area contributed by atoms with E-state index < -0.39 is 0 Å². The van der Waals surface area contributed by atoms with Gasteiger partial charge in [0.05, 0.1) is 5.56 Å². The van der Waals surface area contributed by atoms with Crippen LogP contribution < -0.4 is 16.0 Å². The molecule has 6 nitrogen and oxygen atoms in total. The van der Waals surface area contributed by atoms with Gasteiger partial charge in [-0.3, -0.25) is 14.8 Å². The zero-order valence-corrected chi connectivity index (χ0v) is 15.3. The second-order valence-electron chi connectivity index (χ2n) is 6.64. The summed E-state index contributed by atoms with van der Waals surface area (Å²) in [5.41, 5.74) is 1.54. The second kappa shape index (κ2) is 8.62. The lowest BCUT2D eigenvalue weighted by molar-refractivity contribution is 0.0954. The van der Waals surface area contributed by atoms with Gasteiger partial charge in [0.1, 0.15) is 5.82 Å². The normalized spacial score (nSPS) is 15.1. The molecular weight excluding hydrogens is 345 g/mol. The molecule has 0 spiro atoms. The lowest BCUT2D eigenvalue weighted by Crippen LogP contribution is -2.44. The minimum Gasteiger partial charge on any atom is -0.356 e. The number of amides is 1. The molecule has 3 N–H and O–H groups in total. The largest absolute Gasteiger partial charge is 0.356 e. The lowest BCUT2D eigenvalue weighted by atomic mass is 9.96. The molecule has 7 heteroatoms. The molecule has 1 aliphatic carbocycles. The molecule has 1 aromatic carbocycles. The SMILES string of the molecule is CN=C(NCCNC(=O)c1cccnc1)NCC1(c2cccc(F)c2)CC1. The van der Waals surface area contributed by atoms with E-state index in [0.29, 0.717) is 31.2 Å². The third-order valence-electron chi connectivity index (χ3n) is 4.74. The molecule has 27 heavy (non-hydrogen) atoms. The van der Waals surface area contributed by atoms with Crippen molar-refractivity contribution in [3.63, 3.8) is 0 Å². The molecule has 2 aromatic rings. The van der Waals surface area contributed by atoms with Crippen LogP contribution in [0.2, 0.25) is 0 Å². The first-order chi connectivity index (χ1) is 13.1. The lowest BCUT2D eigenvalue weighted by Gasteiger charge is -2.19. The summed E-state index contributed by atoms with van der Waals surface area (Å²) in [7, 11) is 1.70. The first kappa shape index (κ1) is 18.8. The quantitative estimate of drug-likeness (QED) is 0.395. The number of benzene rings is 1. The summed E-state index contributed by atoms with van der Waals surface area (Å²) in [6.45, 7) is 1.69. The average molecular weight is 369 g/mol. The van der Waals surface area contributed by atoms with Gasteiger partial charge in [-0.25, -0.2) is 4.39 Å². The molecule has 0 radical (unpaired) electrons. The van der Waals surface area contributed by atoms with Crippen LogP contribution in [0.3, 0.4) is 0 Å². The van der Waals surface area contributed by atoms with Gasteiger partial charge >= 0.3 is 0 Å². The second-order valence-corrected chi connectivity index (χ2v) is 6.64. The van der Waals surface area contributed by atoms with Crippen molar-refractivity contribution in [1.82, 2.24) is 20.9 Å². The third kappa shape index (κ3) is 5.03. The molecule has 1 amide bonds. The maximum absolute atomic E-state index is 13.5. The number of aliphatic imine (C=N–C) groups is 1. The summed E-state index contributed by atoms with van der Waals surface area (Å²) in [4.78, 5) is 20.1. The van der Waals surface area contributed by atoms with E-state index >= 15 is 0 Å². The van der Waals surface area contributed by atoms with Crippen molar-refractivity contribution < 1.29 is 9.18 Å². The van der Waals surface area contributed by atoms with Crippen molar-refractivity contribution in [3.8, 4) is 0 Å². The van der Waals surface area contributed by atoms with Crippen LogP contribution in [0.5, 0.6) is 0 Å². The number of hydrogen-bond donors (Lipinski definition) is 3. The molecule has 1 heterocycles. The van der Waals surface area contributed by atoms with Crippen molar-refractivity contribution in [2.75, 3.05) is 26.7 Å². The van der Waals surface area contributed by atoms with E-state index in [2.05, 4.69) is 25.9 Å². The Balaban J connectivity index is 1.42. The van der Waals surface area contributed by atoms with Gasteiger partial charge < -0.3 is 16.0 Å². The van der Waals surface area contributed by atoms with Crippen LogP contribution in [0.4, 0.5) is 4.39 Å². The van der Waals surface area contributed by atoms with Gasteiger partial charge in [0.25, 0.3) is 5.91 Å². The van der Waals surface area contributed by atoms with Crippen LogP contribution in [-0.2, 0) is 5.41 Å². The molecule has 1 aliphatic rings. The number of aromatic nitrogens is 1. The van der Waals surface area contributed by atoms with Crippen molar-refractivity contribution in [2.45, 2.75) is 18.3 Å². The molecule has 0 saturated heterocycles. The number of nitrogens with zero attached hydrogens (tertiary/aromatic N) is 2. The molecular formula is C20H24FN5O. The van der Waals surface area contributed by atoms with Gasteiger partial charge in [0.2, 0.25) is 0 Å². The van der Waals surface area contributed by atoms with Gasteiger partial charge in [-0.15, -0.1) is 0 Å². The van der Waals surface area contributed by atoms with Crippen molar-refractivity contribution in [2.24, 2.45) is 4.99 Å². The van der Waals surface area contributed by atoms with Crippen molar-refractivity contribution >= 4 is 11.9 Å². The van der Waals surface area contributed by atoms with Crippen LogP contribution in [0, 0.1) is 5.82 Å². The smallest absolute Gasteiger partial charge is 0.252 e. The third-order valence-corrected chi connectivity index (χ3v) is 4.74. The average Bonchev–Trinajstić information content (AvgIpc) is 3.49. The Bertz CT molecular complexity index is 805. The summed E-state index contributed by atoms with van der Waals surface area (Å²) in [5, 5.41) is 9.31. The highest BCUT2D eigenvalue weighted by molar-refractivity contribution is 5.93. The molecule has 0 unspecified atom stereocenters. The number of halogens is 1. The molecule has 1 aromatic heterocycles. The monoisotopic (exact) mass is 369 g/mol. The van der Waals surface area contributed by atoms with E-state index in [1.807, 2.05) is 6.07 Å². The minimum absolute atomic E-state index is 0.0196. The van der Waals surface area contributed by atoms with Crippen molar-refractivity contribution in [3.05, 3.63) is 65.7 Å². The highest BCUT2D eigenvalue weighted by atomic mass is 19.1. The van der Waals surface area contributed by atoms with Crippen molar-refractivity contribution in [1.29, 1.82) is 0 Å².